The number of imidazole rings is 1. The van der Waals surface area contributed by atoms with Gasteiger partial charge in [0, 0.05) is 22.6 Å². The van der Waals surface area contributed by atoms with Crippen LogP contribution in [-0.4, -0.2) is 25.3 Å². The minimum atomic E-state index is -0.297. The number of nitrogens with zero attached hydrogens (tertiary/aromatic N) is 4. The molecule has 1 N–H and O–H groups in total. The SMILES string of the molecule is Cc1cc(C)n2cnc(C(=O)Nc3ccc(-c4cocn4)cc3)c2n1. The zero-order chi connectivity index (χ0) is 17.4. The van der Waals surface area contributed by atoms with Crippen LogP contribution in [0.1, 0.15) is 21.9 Å². The van der Waals surface area contributed by atoms with E-state index in [1.165, 1.54) is 6.39 Å². The number of carbonyl (C=O) groups is 1. The average Bonchev–Trinajstić information content (AvgIpc) is 3.25. The Kier molecular flexibility index (Phi) is 3.53. The van der Waals surface area contributed by atoms with Crippen molar-refractivity contribution >= 4 is 17.2 Å². The van der Waals surface area contributed by atoms with Crippen LogP contribution in [0.3, 0.4) is 0 Å². The van der Waals surface area contributed by atoms with E-state index >= 15 is 0 Å². The molecule has 3 aromatic heterocycles. The van der Waals surface area contributed by atoms with Gasteiger partial charge in [-0.2, -0.15) is 0 Å². The molecule has 0 saturated carbocycles. The summed E-state index contributed by atoms with van der Waals surface area (Å²) in [4.78, 5) is 25.3. The number of anilines is 1. The van der Waals surface area contributed by atoms with E-state index in [4.69, 9.17) is 4.42 Å². The standard InChI is InChI=1S/C18H15N5O2/c1-11-7-12(2)23-9-19-16(17(23)21-11)18(24)22-14-5-3-13(4-6-14)15-8-25-10-20-15/h3-10H,1-2H3,(H,22,24). The molecule has 25 heavy (non-hydrogen) atoms. The van der Waals surface area contributed by atoms with Crippen molar-refractivity contribution in [3.63, 3.8) is 0 Å². The molecule has 4 aromatic rings. The van der Waals surface area contributed by atoms with E-state index in [2.05, 4.69) is 20.3 Å². The van der Waals surface area contributed by atoms with E-state index < -0.39 is 0 Å². The van der Waals surface area contributed by atoms with Gasteiger partial charge in [-0.3, -0.25) is 9.20 Å². The van der Waals surface area contributed by atoms with Gasteiger partial charge in [0.1, 0.15) is 18.3 Å². The molecular formula is C18H15N5O2. The second kappa shape index (κ2) is 5.86. The molecule has 0 fully saturated rings. The molecule has 0 aliphatic rings. The number of carbonyl (C=O) groups excluding carboxylic acids is 1. The Morgan fingerprint density at radius 1 is 1.16 bits per heavy atom. The fourth-order valence-electron chi connectivity index (χ4n) is 2.71. The zero-order valence-electron chi connectivity index (χ0n) is 13.7. The van der Waals surface area contributed by atoms with Crippen LogP contribution in [0, 0.1) is 13.8 Å². The minimum Gasteiger partial charge on any atom is -0.451 e. The maximum atomic E-state index is 12.6. The molecule has 0 saturated heterocycles. The summed E-state index contributed by atoms with van der Waals surface area (Å²) in [6.07, 6.45) is 4.56. The first-order valence-electron chi connectivity index (χ1n) is 7.73. The third-order valence-corrected chi connectivity index (χ3v) is 3.91. The maximum absolute atomic E-state index is 12.6. The van der Waals surface area contributed by atoms with Crippen molar-refractivity contribution in [2.24, 2.45) is 0 Å². The zero-order valence-corrected chi connectivity index (χ0v) is 13.7. The molecular weight excluding hydrogens is 318 g/mol. The molecule has 0 aliphatic carbocycles. The second-order valence-electron chi connectivity index (χ2n) is 5.73. The summed E-state index contributed by atoms with van der Waals surface area (Å²) in [7, 11) is 0. The summed E-state index contributed by atoms with van der Waals surface area (Å²) < 4.78 is 6.78. The topological polar surface area (TPSA) is 85.3 Å². The van der Waals surface area contributed by atoms with Gasteiger partial charge in [0.25, 0.3) is 5.91 Å². The predicted molar refractivity (Wildman–Crippen MR) is 92.4 cm³/mol. The number of benzene rings is 1. The smallest absolute Gasteiger partial charge is 0.278 e. The molecule has 0 atom stereocenters. The summed E-state index contributed by atoms with van der Waals surface area (Å²) in [6, 6.07) is 9.30. The molecule has 4 rings (SSSR count). The van der Waals surface area contributed by atoms with Crippen molar-refractivity contribution in [2.45, 2.75) is 13.8 Å². The third kappa shape index (κ3) is 2.76. The Bertz CT molecular complexity index is 1050. The monoisotopic (exact) mass is 333 g/mol. The quantitative estimate of drug-likeness (QED) is 0.622. The van der Waals surface area contributed by atoms with Crippen molar-refractivity contribution in [1.29, 1.82) is 0 Å². The van der Waals surface area contributed by atoms with Gasteiger partial charge in [0.2, 0.25) is 0 Å². The van der Waals surface area contributed by atoms with Gasteiger partial charge in [-0.15, -0.1) is 0 Å². The second-order valence-corrected chi connectivity index (χ2v) is 5.73. The van der Waals surface area contributed by atoms with Gasteiger partial charge in [-0.05, 0) is 32.0 Å². The Labute approximate surface area is 143 Å². The van der Waals surface area contributed by atoms with Crippen molar-refractivity contribution in [1.82, 2.24) is 19.4 Å². The highest BCUT2D eigenvalue weighted by molar-refractivity contribution is 6.06. The first-order valence-corrected chi connectivity index (χ1v) is 7.73. The normalized spacial score (nSPS) is 11.0. The van der Waals surface area contributed by atoms with Gasteiger partial charge in [-0.25, -0.2) is 15.0 Å². The highest BCUT2D eigenvalue weighted by Gasteiger charge is 2.16. The predicted octanol–water partition coefficient (Wildman–Crippen LogP) is 3.25. The van der Waals surface area contributed by atoms with Gasteiger partial charge in [0.05, 0.1) is 0 Å². The summed E-state index contributed by atoms with van der Waals surface area (Å²) in [5, 5.41) is 2.85. The van der Waals surface area contributed by atoms with E-state index in [9.17, 15) is 4.79 Å². The lowest BCUT2D eigenvalue weighted by Crippen LogP contribution is -2.13. The Balaban J connectivity index is 1.60. The lowest BCUT2D eigenvalue weighted by molar-refractivity contribution is 0.102. The van der Waals surface area contributed by atoms with Gasteiger partial charge < -0.3 is 9.73 Å². The fourth-order valence-corrected chi connectivity index (χ4v) is 2.71. The van der Waals surface area contributed by atoms with E-state index in [-0.39, 0.29) is 5.91 Å². The fraction of sp³-hybridized carbons (Fsp3) is 0.111. The van der Waals surface area contributed by atoms with Gasteiger partial charge in [-0.1, -0.05) is 12.1 Å². The first-order chi connectivity index (χ1) is 12.1. The largest absolute Gasteiger partial charge is 0.451 e. The molecule has 1 aromatic carbocycles. The molecule has 0 radical (unpaired) electrons. The van der Waals surface area contributed by atoms with Crippen LogP contribution in [-0.2, 0) is 0 Å². The molecule has 7 nitrogen and oxygen atoms in total. The number of hydrogen-bond acceptors (Lipinski definition) is 5. The number of aromatic nitrogens is 4. The number of rotatable bonds is 3. The van der Waals surface area contributed by atoms with E-state index in [1.54, 1.807) is 17.0 Å². The van der Waals surface area contributed by atoms with Crippen LogP contribution >= 0.6 is 0 Å². The number of oxazole rings is 1. The van der Waals surface area contributed by atoms with Crippen LogP contribution in [0.4, 0.5) is 5.69 Å². The van der Waals surface area contributed by atoms with Crippen molar-refractivity contribution in [2.75, 3.05) is 5.32 Å². The maximum Gasteiger partial charge on any atom is 0.278 e. The first kappa shape index (κ1) is 15.1. The summed E-state index contributed by atoms with van der Waals surface area (Å²) in [6.45, 7) is 3.85. The van der Waals surface area contributed by atoms with Gasteiger partial charge >= 0.3 is 0 Å². The molecule has 1 amide bonds. The minimum absolute atomic E-state index is 0.297. The number of amides is 1. The van der Waals surface area contributed by atoms with Crippen LogP contribution < -0.4 is 5.32 Å². The molecule has 0 spiro atoms. The highest BCUT2D eigenvalue weighted by atomic mass is 16.3. The van der Waals surface area contributed by atoms with E-state index in [0.717, 1.165) is 22.6 Å². The van der Waals surface area contributed by atoms with Crippen molar-refractivity contribution in [3.8, 4) is 11.3 Å². The summed E-state index contributed by atoms with van der Waals surface area (Å²) >= 11 is 0. The van der Waals surface area contributed by atoms with E-state index in [0.29, 0.717) is 17.0 Å². The molecule has 0 bridgehead atoms. The van der Waals surface area contributed by atoms with Crippen LogP contribution in [0.15, 0.2) is 53.7 Å². The molecule has 124 valence electrons. The van der Waals surface area contributed by atoms with E-state index in [1.807, 2.05) is 44.2 Å². The molecule has 7 heteroatoms. The van der Waals surface area contributed by atoms with Crippen LogP contribution in [0.5, 0.6) is 0 Å². The highest BCUT2D eigenvalue weighted by Crippen LogP contribution is 2.20. The summed E-state index contributed by atoms with van der Waals surface area (Å²) in [5.74, 6) is -0.297. The number of nitrogens with one attached hydrogen (secondary N) is 1. The lowest BCUT2D eigenvalue weighted by Gasteiger charge is -2.05. The van der Waals surface area contributed by atoms with Crippen LogP contribution in [0.2, 0.25) is 0 Å². The average molecular weight is 333 g/mol. The third-order valence-electron chi connectivity index (χ3n) is 3.91. The molecule has 3 heterocycles. The Hall–Kier alpha value is -3.48. The molecule has 0 unspecified atom stereocenters. The number of hydrogen-bond donors (Lipinski definition) is 1. The van der Waals surface area contributed by atoms with Gasteiger partial charge in [0.15, 0.2) is 17.7 Å². The van der Waals surface area contributed by atoms with Crippen molar-refractivity contribution < 1.29 is 9.21 Å². The summed E-state index contributed by atoms with van der Waals surface area (Å²) in [5.41, 5.74) is 4.99. The Morgan fingerprint density at radius 3 is 2.68 bits per heavy atom. The lowest BCUT2D eigenvalue weighted by atomic mass is 10.1. The van der Waals surface area contributed by atoms with Crippen molar-refractivity contribution in [3.05, 3.63) is 66.4 Å². The molecule has 0 aliphatic heterocycles. The van der Waals surface area contributed by atoms with Crippen LogP contribution in [0.25, 0.3) is 16.9 Å². The Morgan fingerprint density at radius 2 is 1.96 bits per heavy atom. The number of fused-ring (bicyclic) bond motifs is 1. The number of aryl methyl sites for hydroxylation is 2.